The zero-order valence-corrected chi connectivity index (χ0v) is 16.5. The third-order valence-corrected chi connectivity index (χ3v) is 5.23. The number of rotatable bonds is 5. The maximum Gasteiger partial charge on any atom is 0.287 e. The molecular formula is C21H17Cl2N3O2. The highest BCUT2D eigenvalue weighted by Crippen LogP contribution is 2.26. The van der Waals surface area contributed by atoms with Gasteiger partial charge in [-0.1, -0.05) is 41.4 Å². The zero-order valence-electron chi connectivity index (χ0n) is 15.0. The smallest absolute Gasteiger partial charge is 0.287 e. The van der Waals surface area contributed by atoms with Gasteiger partial charge in [0, 0.05) is 6.54 Å². The molecule has 0 fully saturated rings. The van der Waals surface area contributed by atoms with Gasteiger partial charge in [0.15, 0.2) is 5.76 Å². The molecular weight excluding hydrogens is 397 g/mol. The Morgan fingerprint density at radius 2 is 1.96 bits per heavy atom. The summed E-state index contributed by atoms with van der Waals surface area (Å²) in [6.45, 7) is 2.45. The van der Waals surface area contributed by atoms with Crippen LogP contribution < -0.4 is 5.32 Å². The number of amides is 1. The molecule has 2 aromatic carbocycles. The van der Waals surface area contributed by atoms with Crippen LogP contribution in [0.4, 0.5) is 0 Å². The molecule has 0 saturated carbocycles. The van der Waals surface area contributed by atoms with Gasteiger partial charge in [-0.2, -0.15) is 0 Å². The maximum absolute atomic E-state index is 12.4. The maximum atomic E-state index is 12.4. The number of halogens is 2. The number of nitrogens with one attached hydrogen (secondary N) is 1. The fraction of sp³-hybridized carbons (Fsp3) is 0.143. The second-order valence-electron chi connectivity index (χ2n) is 6.47. The van der Waals surface area contributed by atoms with E-state index in [1.807, 2.05) is 43.3 Å². The van der Waals surface area contributed by atoms with Crippen LogP contribution in [0.25, 0.3) is 11.0 Å². The van der Waals surface area contributed by atoms with Crippen LogP contribution in [0.5, 0.6) is 0 Å². The van der Waals surface area contributed by atoms with E-state index in [2.05, 4.69) is 9.88 Å². The summed E-state index contributed by atoms with van der Waals surface area (Å²) in [7, 11) is 0. The van der Waals surface area contributed by atoms with E-state index in [1.54, 1.807) is 18.2 Å². The first-order valence-electron chi connectivity index (χ1n) is 8.76. The number of hydrogen-bond donors (Lipinski definition) is 1. The van der Waals surface area contributed by atoms with E-state index >= 15 is 0 Å². The van der Waals surface area contributed by atoms with Gasteiger partial charge in [-0.3, -0.25) is 4.79 Å². The summed E-state index contributed by atoms with van der Waals surface area (Å²) in [6.07, 6.45) is 1.47. The Labute approximate surface area is 171 Å². The Bertz CT molecular complexity index is 1140. The molecule has 0 bridgehead atoms. The van der Waals surface area contributed by atoms with E-state index in [1.165, 1.54) is 6.26 Å². The number of nitrogens with zero attached hydrogens (tertiary/aromatic N) is 2. The Balaban J connectivity index is 1.70. The van der Waals surface area contributed by atoms with Crippen molar-refractivity contribution in [2.45, 2.75) is 19.5 Å². The lowest BCUT2D eigenvalue weighted by molar-refractivity contribution is 0.0909. The Morgan fingerprint density at radius 3 is 2.71 bits per heavy atom. The SMILES string of the molecule is CC(NC(=O)c1ccco1)c1nc2ccccc2n1Cc1ccc(Cl)c(Cl)c1. The number of para-hydroxylation sites is 2. The van der Waals surface area contributed by atoms with E-state index in [4.69, 9.17) is 32.6 Å². The van der Waals surface area contributed by atoms with Gasteiger partial charge in [0.2, 0.25) is 0 Å². The average Bonchev–Trinajstić information content (AvgIpc) is 3.33. The van der Waals surface area contributed by atoms with E-state index < -0.39 is 0 Å². The van der Waals surface area contributed by atoms with Crippen molar-refractivity contribution in [1.82, 2.24) is 14.9 Å². The number of fused-ring (bicyclic) bond motifs is 1. The first kappa shape index (κ1) is 18.6. The van der Waals surface area contributed by atoms with Crippen LogP contribution in [0, 0.1) is 0 Å². The van der Waals surface area contributed by atoms with Crippen LogP contribution in [-0.4, -0.2) is 15.5 Å². The average molecular weight is 414 g/mol. The summed E-state index contributed by atoms with van der Waals surface area (Å²) in [4.78, 5) is 17.1. The van der Waals surface area contributed by atoms with Crippen LogP contribution in [0.2, 0.25) is 10.0 Å². The Hall–Kier alpha value is -2.76. The Morgan fingerprint density at radius 1 is 1.14 bits per heavy atom. The minimum atomic E-state index is -0.326. The molecule has 1 N–H and O–H groups in total. The van der Waals surface area contributed by atoms with Gasteiger partial charge < -0.3 is 14.3 Å². The normalized spacial score (nSPS) is 12.2. The molecule has 0 radical (unpaired) electrons. The molecule has 0 aliphatic carbocycles. The highest BCUT2D eigenvalue weighted by atomic mass is 35.5. The minimum absolute atomic E-state index is 0.263. The second kappa shape index (κ2) is 7.70. The van der Waals surface area contributed by atoms with Gasteiger partial charge in [-0.15, -0.1) is 0 Å². The van der Waals surface area contributed by atoms with Crippen LogP contribution >= 0.6 is 23.2 Å². The second-order valence-corrected chi connectivity index (χ2v) is 7.28. The minimum Gasteiger partial charge on any atom is -0.459 e. The molecule has 1 amide bonds. The van der Waals surface area contributed by atoms with E-state index in [0.717, 1.165) is 22.4 Å². The van der Waals surface area contributed by atoms with Gasteiger partial charge in [0.25, 0.3) is 5.91 Å². The lowest BCUT2D eigenvalue weighted by Gasteiger charge is -2.16. The van der Waals surface area contributed by atoms with Crippen molar-refractivity contribution in [3.05, 3.63) is 88.1 Å². The topological polar surface area (TPSA) is 60.1 Å². The summed E-state index contributed by atoms with van der Waals surface area (Å²) < 4.78 is 7.25. The molecule has 0 saturated heterocycles. The summed E-state index contributed by atoms with van der Waals surface area (Å²) in [5.41, 5.74) is 2.82. The van der Waals surface area contributed by atoms with Crippen LogP contribution in [0.15, 0.2) is 65.3 Å². The molecule has 4 aromatic rings. The number of carbonyl (C=O) groups is 1. The molecule has 7 heteroatoms. The van der Waals surface area contributed by atoms with E-state index in [9.17, 15) is 4.79 Å². The van der Waals surface area contributed by atoms with E-state index in [-0.39, 0.29) is 17.7 Å². The van der Waals surface area contributed by atoms with Crippen LogP contribution in [0.3, 0.4) is 0 Å². The standard InChI is InChI=1S/C21H17Cl2N3O2/c1-13(24-21(27)19-7-4-10-28-19)20-25-17-5-2-3-6-18(17)26(20)12-14-8-9-15(22)16(23)11-14/h2-11,13H,12H2,1H3,(H,24,27). The molecule has 1 unspecified atom stereocenters. The third-order valence-electron chi connectivity index (χ3n) is 4.49. The fourth-order valence-corrected chi connectivity index (χ4v) is 3.47. The number of carbonyl (C=O) groups excluding carboxylic acids is 1. The fourth-order valence-electron chi connectivity index (χ4n) is 3.15. The van der Waals surface area contributed by atoms with Crippen LogP contribution in [-0.2, 0) is 6.54 Å². The largest absolute Gasteiger partial charge is 0.459 e. The molecule has 2 heterocycles. The Kier molecular flexibility index (Phi) is 5.11. The third kappa shape index (κ3) is 3.63. The van der Waals surface area contributed by atoms with Crippen molar-refractivity contribution in [1.29, 1.82) is 0 Å². The lowest BCUT2D eigenvalue weighted by atomic mass is 10.2. The molecule has 0 aliphatic rings. The summed E-state index contributed by atoms with van der Waals surface area (Å²) in [5, 5.41) is 3.96. The van der Waals surface area contributed by atoms with Crippen molar-refractivity contribution >= 4 is 40.1 Å². The number of furan rings is 1. The summed E-state index contributed by atoms with van der Waals surface area (Å²) in [6, 6.07) is 16.4. The van der Waals surface area contributed by atoms with Crippen molar-refractivity contribution in [3.63, 3.8) is 0 Å². The number of hydrogen-bond acceptors (Lipinski definition) is 3. The monoisotopic (exact) mass is 413 g/mol. The summed E-state index contributed by atoms with van der Waals surface area (Å²) >= 11 is 12.2. The van der Waals surface area contributed by atoms with Gasteiger partial charge >= 0.3 is 0 Å². The molecule has 142 valence electrons. The highest BCUT2D eigenvalue weighted by Gasteiger charge is 2.20. The quantitative estimate of drug-likeness (QED) is 0.471. The molecule has 28 heavy (non-hydrogen) atoms. The van der Waals surface area contributed by atoms with Gasteiger partial charge in [-0.25, -0.2) is 4.98 Å². The molecule has 2 aromatic heterocycles. The first-order chi connectivity index (χ1) is 13.5. The predicted octanol–water partition coefficient (Wildman–Crippen LogP) is 5.48. The van der Waals surface area contributed by atoms with Gasteiger partial charge in [-0.05, 0) is 48.9 Å². The number of aromatic nitrogens is 2. The van der Waals surface area contributed by atoms with Crippen molar-refractivity contribution < 1.29 is 9.21 Å². The van der Waals surface area contributed by atoms with Gasteiger partial charge in [0.1, 0.15) is 5.82 Å². The molecule has 4 rings (SSSR count). The molecule has 0 aliphatic heterocycles. The van der Waals surface area contributed by atoms with E-state index in [0.29, 0.717) is 16.6 Å². The molecule has 1 atom stereocenters. The number of imidazole rings is 1. The molecule has 0 spiro atoms. The first-order valence-corrected chi connectivity index (χ1v) is 9.52. The molecule has 5 nitrogen and oxygen atoms in total. The highest BCUT2D eigenvalue weighted by molar-refractivity contribution is 6.42. The van der Waals surface area contributed by atoms with Crippen molar-refractivity contribution in [2.24, 2.45) is 0 Å². The number of benzene rings is 2. The summed E-state index contributed by atoms with van der Waals surface area (Å²) in [5.74, 6) is 0.719. The lowest BCUT2D eigenvalue weighted by Crippen LogP contribution is -2.28. The predicted molar refractivity (Wildman–Crippen MR) is 110 cm³/mol. The van der Waals surface area contributed by atoms with Gasteiger partial charge in [0.05, 0.1) is 33.4 Å². The van der Waals surface area contributed by atoms with Crippen molar-refractivity contribution in [2.75, 3.05) is 0 Å². The van der Waals surface area contributed by atoms with Crippen LogP contribution in [0.1, 0.15) is 34.9 Å². The zero-order chi connectivity index (χ0) is 19.7. The van der Waals surface area contributed by atoms with Crippen molar-refractivity contribution in [3.8, 4) is 0 Å².